The number of hydrazone groups is 1. The van der Waals surface area contributed by atoms with Crippen LogP contribution < -0.4 is 10.3 Å². The number of hydrogen-bond acceptors (Lipinski definition) is 4. The molecule has 2 fully saturated rings. The highest BCUT2D eigenvalue weighted by Gasteiger charge is 2.37. The summed E-state index contributed by atoms with van der Waals surface area (Å²) >= 11 is 0. The van der Waals surface area contributed by atoms with Gasteiger partial charge in [-0.3, -0.25) is 9.59 Å². The Morgan fingerprint density at radius 1 is 1.18 bits per heavy atom. The van der Waals surface area contributed by atoms with Crippen LogP contribution in [0.25, 0.3) is 11.1 Å². The SMILES string of the molecule is CN(/C(CC1CCN(C(=O)C2CC2)C1)=N\NC=O)c1ccc(-c2ccc(C(=O)O)cc2)cc1F. The number of amides is 2. The molecule has 2 aliphatic rings. The molecule has 1 atom stereocenters. The van der Waals surface area contributed by atoms with Crippen molar-refractivity contribution in [1.82, 2.24) is 10.3 Å². The number of hydrogen-bond donors (Lipinski definition) is 2. The third-order valence-corrected chi connectivity index (χ3v) is 6.40. The minimum atomic E-state index is -1.02. The third kappa shape index (κ3) is 5.24. The highest BCUT2D eigenvalue weighted by atomic mass is 19.1. The van der Waals surface area contributed by atoms with Crippen LogP contribution in [0.3, 0.4) is 0 Å². The number of carbonyl (C=O) groups excluding carboxylic acids is 2. The molecular formula is C25H27FN4O4. The van der Waals surface area contributed by atoms with E-state index in [2.05, 4.69) is 10.5 Å². The van der Waals surface area contributed by atoms with Gasteiger partial charge in [-0.05, 0) is 60.6 Å². The summed E-state index contributed by atoms with van der Waals surface area (Å²) in [6.45, 7) is 1.35. The Kier molecular flexibility index (Phi) is 6.90. The molecule has 9 heteroatoms. The zero-order valence-corrected chi connectivity index (χ0v) is 18.9. The first-order valence-corrected chi connectivity index (χ1v) is 11.3. The molecule has 2 N–H and O–H groups in total. The van der Waals surface area contributed by atoms with E-state index in [1.165, 1.54) is 18.2 Å². The smallest absolute Gasteiger partial charge is 0.335 e. The number of benzene rings is 2. The van der Waals surface area contributed by atoms with Gasteiger partial charge in [-0.1, -0.05) is 18.2 Å². The zero-order chi connectivity index (χ0) is 24.2. The van der Waals surface area contributed by atoms with E-state index >= 15 is 4.39 Å². The highest BCUT2D eigenvalue weighted by molar-refractivity contribution is 5.98. The Morgan fingerprint density at radius 2 is 1.88 bits per heavy atom. The fourth-order valence-corrected chi connectivity index (χ4v) is 4.31. The summed E-state index contributed by atoms with van der Waals surface area (Å²) in [5, 5.41) is 13.2. The number of carboxylic acid groups (broad SMARTS) is 1. The van der Waals surface area contributed by atoms with E-state index in [-0.39, 0.29) is 23.3 Å². The Morgan fingerprint density at radius 3 is 2.50 bits per heavy atom. The predicted octanol–water partition coefficient (Wildman–Crippen LogP) is 3.34. The molecule has 8 nitrogen and oxygen atoms in total. The summed E-state index contributed by atoms with van der Waals surface area (Å²) in [5.74, 6) is -0.425. The molecule has 1 aliphatic heterocycles. The largest absolute Gasteiger partial charge is 0.478 e. The maximum atomic E-state index is 15.1. The second-order valence-electron chi connectivity index (χ2n) is 8.80. The number of nitrogens with one attached hydrogen (secondary N) is 1. The maximum absolute atomic E-state index is 15.1. The van der Waals surface area contributed by atoms with Crippen LogP contribution in [-0.4, -0.2) is 54.3 Å². The normalized spacial score (nSPS) is 18.0. The molecular weight excluding hydrogens is 439 g/mol. The first-order chi connectivity index (χ1) is 16.4. The average Bonchev–Trinajstić information content (AvgIpc) is 3.59. The van der Waals surface area contributed by atoms with E-state index in [1.54, 1.807) is 36.2 Å². The number of amidine groups is 1. The quantitative estimate of drug-likeness (QED) is 0.269. The van der Waals surface area contributed by atoms with Crippen LogP contribution in [0.4, 0.5) is 10.1 Å². The minimum Gasteiger partial charge on any atom is -0.478 e. The average molecular weight is 467 g/mol. The van der Waals surface area contributed by atoms with Crippen LogP contribution in [0.1, 0.15) is 36.0 Å². The Balaban J connectivity index is 1.48. The first kappa shape index (κ1) is 23.4. The molecule has 2 amide bonds. The zero-order valence-electron chi connectivity index (χ0n) is 18.9. The summed E-state index contributed by atoms with van der Waals surface area (Å²) in [7, 11) is 1.69. The third-order valence-electron chi connectivity index (χ3n) is 6.40. The predicted molar refractivity (Wildman–Crippen MR) is 126 cm³/mol. The molecule has 1 aliphatic carbocycles. The van der Waals surface area contributed by atoms with Gasteiger partial charge in [0.15, 0.2) is 0 Å². The molecule has 1 saturated carbocycles. The van der Waals surface area contributed by atoms with E-state index in [9.17, 15) is 14.4 Å². The van der Waals surface area contributed by atoms with Gasteiger partial charge in [0.1, 0.15) is 11.7 Å². The molecule has 2 aromatic rings. The lowest BCUT2D eigenvalue weighted by Gasteiger charge is -2.24. The van der Waals surface area contributed by atoms with E-state index in [1.807, 2.05) is 4.90 Å². The minimum absolute atomic E-state index is 0.161. The molecule has 178 valence electrons. The van der Waals surface area contributed by atoms with Crippen molar-refractivity contribution in [2.24, 2.45) is 16.9 Å². The molecule has 34 heavy (non-hydrogen) atoms. The van der Waals surface area contributed by atoms with Crippen molar-refractivity contribution in [3.8, 4) is 11.1 Å². The van der Waals surface area contributed by atoms with Gasteiger partial charge in [-0.25, -0.2) is 14.6 Å². The fourth-order valence-electron chi connectivity index (χ4n) is 4.31. The molecule has 0 spiro atoms. The summed E-state index contributed by atoms with van der Waals surface area (Å²) < 4.78 is 15.1. The van der Waals surface area contributed by atoms with Gasteiger partial charge in [0.2, 0.25) is 12.3 Å². The second kappa shape index (κ2) is 10.0. The lowest BCUT2D eigenvalue weighted by molar-refractivity contribution is -0.131. The summed E-state index contributed by atoms with van der Waals surface area (Å²) in [5.41, 5.74) is 4.08. The van der Waals surface area contributed by atoms with Crippen molar-refractivity contribution in [3.05, 3.63) is 53.8 Å². The first-order valence-electron chi connectivity index (χ1n) is 11.3. The van der Waals surface area contributed by atoms with Crippen molar-refractivity contribution in [2.45, 2.75) is 25.7 Å². The van der Waals surface area contributed by atoms with Crippen molar-refractivity contribution in [1.29, 1.82) is 0 Å². The number of likely N-dealkylation sites (tertiary alicyclic amines) is 1. The number of aromatic carboxylic acids is 1. The van der Waals surface area contributed by atoms with E-state index in [4.69, 9.17) is 5.11 Å². The van der Waals surface area contributed by atoms with E-state index in [0.29, 0.717) is 48.6 Å². The van der Waals surface area contributed by atoms with E-state index < -0.39 is 11.8 Å². The van der Waals surface area contributed by atoms with Crippen molar-refractivity contribution in [2.75, 3.05) is 25.0 Å². The topological polar surface area (TPSA) is 102 Å². The van der Waals surface area contributed by atoms with Gasteiger partial charge in [0, 0.05) is 32.5 Å². The highest BCUT2D eigenvalue weighted by Crippen LogP contribution is 2.34. The Hall–Kier alpha value is -3.75. The number of carbonyl (C=O) groups is 3. The van der Waals surface area contributed by atoms with Crippen LogP contribution in [0.5, 0.6) is 0 Å². The molecule has 1 saturated heterocycles. The van der Waals surface area contributed by atoms with Crippen LogP contribution >= 0.6 is 0 Å². The molecule has 4 rings (SSSR count). The molecule has 1 unspecified atom stereocenters. The molecule has 0 aromatic heterocycles. The number of nitrogens with zero attached hydrogens (tertiary/aromatic N) is 3. The van der Waals surface area contributed by atoms with Crippen molar-refractivity contribution >= 4 is 29.8 Å². The number of anilines is 1. The second-order valence-corrected chi connectivity index (χ2v) is 8.80. The molecule has 2 aromatic carbocycles. The van der Waals surface area contributed by atoms with Gasteiger partial charge in [-0.2, -0.15) is 5.10 Å². The van der Waals surface area contributed by atoms with Gasteiger partial charge in [-0.15, -0.1) is 0 Å². The molecule has 1 heterocycles. The summed E-state index contributed by atoms with van der Waals surface area (Å²) in [6, 6.07) is 11.0. The van der Waals surface area contributed by atoms with Gasteiger partial charge >= 0.3 is 5.97 Å². The number of rotatable bonds is 8. The van der Waals surface area contributed by atoms with Gasteiger partial charge < -0.3 is 14.9 Å². The Bertz CT molecular complexity index is 1110. The monoisotopic (exact) mass is 466 g/mol. The summed E-state index contributed by atoms with van der Waals surface area (Å²) in [4.78, 5) is 37.8. The standard InChI is InChI=1S/C25H27FN4O4/c1-29(22-9-8-20(13-21(22)26)17-2-6-19(7-3-17)25(33)34)23(28-27-15-31)12-16-10-11-30(14-16)24(32)18-4-5-18/h2-3,6-9,13,15-16,18H,4-5,10-12,14H2,1H3,(H,27,31)(H,33,34)/b28-23-. The van der Waals surface area contributed by atoms with Crippen LogP contribution in [0, 0.1) is 17.7 Å². The summed E-state index contributed by atoms with van der Waals surface area (Å²) in [6.07, 6.45) is 3.73. The molecule has 0 radical (unpaired) electrons. The van der Waals surface area contributed by atoms with Crippen molar-refractivity contribution in [3.63, 3.8) is 0 Å². The number of carboxylic acids is 1. The van der Waals surface area contributed by atoms with Gasteiger partial charge in [0.05, 0.1) is 11.3 Å². The van der Waals surface area contributed by atoms with Crippen LogP contribution in [0.2, 0.25) is 0 Å². The lowest BCUT2D eigenvalue weighted by atomic mass is 10.0. The Labute approximate surface area is 197 Å². The lowest BCUT2D eigenvalue weighted by Crippen LogP contribution is -2.33. The fraction of sp³-hybridized carbons (Fsp3) is 0.360. The maximum Gasteiger partial charge on any atom is 0.335 e. The van der Waals surface area contributed by atoms with Crippen LogP contribution in [0.15, 0.2) is 47.6 Å². The van der Waals surface area contributed by atoms with Crippen LogP contribution in [-0.2, 0) is 9.59 Å². The molecule has 0 bridgehead atoms. The van der Waals surface area contributed by atoms with E-state index in [0.717, 1.165) is 19.3 Å². The van der Waals surface area contributed by atoms with Crippen molar-refractivity contribution < 1.29 is 23.9 Å². The number of halogens is 1. The van der Waals surface area contributed by atoms with Gasteiger partial charge in [0.25, 0.3) is 0 Å².